The van der Waals surface area contributed by atoms with Crippen LogP contribution in [0.25, 0.3) is 11.8 Å². The lowest BCUT2D eigenvalue weighted by molar-refractivity contribution is 0.288. The molecule has 0 aliphatic carbocycles. The summed E-state index contributed by atoms with van der Waals surface area (Å²) < 4.78 is 0. The summed E-state index contributed by atoms with van der Waals surface area (Å²) in [6, 6.07) is 13.8. The molecular weight excluding hydrogens is 236 g/mol. The van der Waals surface area contributed by atoms with Crippen LogP contribution in [0.4, 0.5) is 0 Å². The highest BCUT2D eigenvalue weighted by Crippen LogP contribution is 2.16. The van der Waals surface area contributed by atoms with Gasteiger partial charge in [0.25, 0.3) is 0 Å². The number of hydrogen-bond acceptors (Lipinski definition) is 3. The van der Waals surface area contributed by atoms with Crippen LogP contribution >= 0.6 is 0 Å². The van der Waals surface area contributed by atoms with E-state index in [1.165, 1.54) is 0 Å². The minimum atomic E-state index is 0.177. The Morgan fingerprint density at radius 3 is 2.68 bits per heavy atom. The minimum absolute atomic E-state index is 0.177. The normalized spacial score (nSPS) is 11.5. The fourth-order valence-corrected chi connectivity index (χ4v) is 1.97. The van der Waals surface area contributed by atoms with E-state index in [1.54, 1.807) is 6.20 Å². The van der Waals surface area contributed by atoms with E-state index < -0.39 is 0 Å². The highest BCUT2D eigenvalue weighted by molar-refractivity contribution is 5.78. The number of pyridine rings is 1. The van der Waals surface area contributed by atoms with Gasteiger partial charge in [-0.3, -0.25) is 4.98 Å². The molecule has 0 spiro atoms. The molecule has 0 radical (unpaired) electrons. The summed E-state index contributed by atoms with van der Waals surface area (Å²) in [4.78, 5) is 4.35. The molecule has 1 heterocycles. The maximum Gasteiger partial charge on any atom is 0.0891 e. The fraction of sp³-hybridized carbons (Fsp3) is 0.188. The summed E-state index contributed by atoms with van der Waals surface area (Å²) in [5, 5.41) is 8.93. The van der Waals surface area contributed by atoms with Crippen molar-refractivity contribution in [1.29, 1.82) is 0 Å². The van der Waals surface area contributed by atoms with Crippen molar-refractivity contribution in [2.24, 2.45) is 5.73 Å². The predicted molar refractivity (Wildman–Crippen MR) is 78.1 cm³/mol. The first-order chi connectivity index (χ1) is 9.31. The molecule has 1 aromatic heterocycles. The highest BCUT2D eigenvalue weighted by Gasteiger charge is 2.05. The lowest BCUT2D eigenvalue weighted by Crippen LogP contribution is -2.04. The van der Waals surface area contributed by atoms with Gasteiger partial charge in [0, 0.05) is 12.8 Å². The van der Waals surface area contributed by atoms with Crippen molar-refractivity contribution in [2.75, 3.05) is 6.61 Å². The van der Waals surface area contributed by atoms with Crippen LogP contribution in [0.1, 0.15) is 23.2 Å². The van der Waals surface area contributed by atoms with Crippen LogP contribution in [0.2, 0.25) is 0 Å². The molecule has 0 saturated heterocycles. The monoisotopic (exact) mass is 254 g/mol. The van der Waals surface area contributed by atoms with Gasteiger partial charge >= 0.3 is 0 Å². The molecule has 0 aliphatic heterocycles. The van der Waals surface area contributed by atoms with Crippen LogP contribution in [0.5, 0.6) is 0 Å². The van der Waals surface area contributed by atoms with E-state index in [9.17, 15) is 0 Å². The van der Waals surface area contributed by atoms with Crippen molar-refractivity contribution < 1.29 is 5.11 Å². The van der Waals surface area contributed by atoms with Crippen molar-refractivity contribution in [2.45, 2.75) is 12.8 Å². The molecule has 19 heavy (non-hydrogen) atoms. The number of nitrogens with zero attached hydrogens (tertiary/aromatic N) is 1. The number of rotatable bonds is 5. The molecule has 3 heteroatoms. The Morgan fingerprint density at radius 1 is 1.16 bits per heavy atom. The van der Waals surface area contributed by atoms with Crippen LogP contribution in [-0.4, -0.2) is 16.7 Å². The predicted octanol–water partition coefficient (Wildman–Crippen LogP) is 2.46. The zero-order valence-corrected chi connectivity index (χ0v) is 10.8. The minimum Gasteiger partial charge on any atom is -0.397 e. The second kappa shape index (κ2) is 6.71. The Kier molecular flexibility index (Phi) is 4.70. The summed E-state index contributed by atoms with van der Waals surface area (Å²) in [6.45, 7) is 0.177. The summed E-state index contributed by atoms with van der Waals surface area (Å²) in [5.41, 5.74) is 9.72. The highest BCUT2D eigenvalue weighted by atomic mass is 16.2. The second-order valence-corrected chi connectivity index (χ2v) is 4.35. The molecule has 0 saturated carbocycles. The second-order valence-electron chi connectivity index (χ2n) is 4.35. The average molecular weight is 254 g/mol. The van der Waals surface area contributed by atoms with Gasteiger partial charge in [-0.25, -0.2) is 0 Å². The van der Waals surface area contributed by atoms with Crippen LogP contribution in [-0.2, 0) is 6.42 Å². The molecule has 1 aromatic carbocycles. The third-order valence-electron chi connectivity index (χ3n) is 2.89. The fourth-order valence-electron chi connectivity index (χ4n) is 1.97. The average Bonchev–Trinajstić information content (AvgIpc) is 2.46. The number of benzene rings is 1. The van der Waals surface area contributed by atoms with E-state index in [0.717, 1.165) is 29.7 Å². The van der Waals surface area contributed by atoms with Gasteiger partial charge in [0.2, 0.25) is 0 Å². The van der Waals surface area contributed by atoms with E-state index in [4.69, 9.17) is 10.8 Å². The molecule has 0 atom stereocenters. The number of aliphatic hydroxyl groups excluding tert-OH is 1. The van der Waals surface area contributed by atoms with Crippen LogP contribution in [0.15, 0.2) is 48.7 Å². The van der Waals surface area contributed by atoms with E-state index >= 15 is 0 Å². The molecule has 2 aromatic rings. The largest absolute Gasteiger partial charge is 0.397 e. The molecule has 98 valence electrons. The van der Waals surface area contributed by atoms with Crippen molar-refractivity contribution in [1.82, 2.24) is 4.98 Å². The Morgan fingerprint density at radius 2 is 1.95 bits per heavy atom. The van der Waals surface area contributed by atoms with Crippen LogP contribution < -0.4 is 5.73 Å². The van der Waals surface area contributed by atoms with Gasteiger partial charge in [-0.1, -0.05) is 36.4 Å². The number of aryl methyl sites for hydroxylation is 1. The van der Waals surface area contributed by atoms with Gasteiger partial charge in [0.15, 0.2) is 0 Å². The van der Waals surface area contributed by atoms with Gasteiger partial charge in [0.1, 0.15) is 0 Å². The first-order valence-electron chi connectivity index (χ1n) is 6.38. The molecule has 0 aliphatic rings. The Labute approximate surface area is 113 Å². The maximum atomic E-state index is 8.93. The van der Waals surface area contributed by atoms with Gasteiger partial charge < -0.3 is 10.8 Å². The number of hydrogen-bond donors (Lipinski definition) is 2. The third kappa shape index (κ3) is 3.66. The molecule has 0 unspecified atom stereocenters. The smallest absolute Gasteiger partial charge is 0.0891 e. The van der Waals surface area contributed by atoms with Crippen molar-refractivity contribution in [3.63, 3.8) is 0 Å². The molecule has 0 bridgehead atoms. The molecular formula is C16H18N2O. The maximum absolute atomic E-state index is 8.93. The van der Waals surface area contributed by atoms with Crippen LogP contribution in [0.3, 0.4) is 0 Å². The summed E-state index contributed by atoms with van der Waals surface area (Å²) >= 11 is 0. The number of aliphatic hydroxyl groups is 1. The van der Waals surface area contributed by atoms with E-state index in [1.807, 2.05) is 48.5 Å². The van der Waals surface area contributed by atoms with Crippen molar-refractivity contribution >= 4 is 11.8 Å². The van der Waals surface area contributed by atoms with Gasteiger partial charge in [0.05, 0.1) is 11.4 Å². The van der Waals surface area contributed by atoms with Crippen LogP contribution in [0, 0.1) is 0 Å². The molecule has 0 fully saturated rings. The lowest BCUT2D eigenvalue weighted by atomic mass is 10.0. The molecule has 3 nitrogen and oxygen atoms in total. The Balaban J connectivity index is 2.28. The lowest BCUT2D eigenvalue weighted by Gasteiger charge is -2.08. The standard InChI is InChI=1S/C16H18N2O/c17-15(12-13-6-2-1-3-7-13)16-14(9-5-11-19)8-4-10-18-16/h1-4,6-8,10,12,19H,5,9,11,17H2. The molecule has 2 rings (SSSR count). The van der Waals surface area contributed by atoms with E-state index in [2.05, 4.69) is 4.98 Å². The summed E-state index contributed by atoms with van der Waals surface area (Å²) in [5.74, 6) is 0. The topological polar surface area (TPSA) is 59.1 Å². The Hall–Kier alpha value is -2.13. The van der Waals surface area contributed by atoms with E-state index in [0.29, 0.717) is 5.70 Å². The van der Waals surface area contributed by atoms with Gasteiger partial charge in [-0.15, -0.1) is 0 Å². The molecule has 3 N–H and O–H groups in total. The quantitative estimate of drug-likeness (QED) is 0.861. The van der Waals surface area contributed by atoms with Gasteiger partial charge in [-0.05, 0) is 36.1 Å². The zero-order chi connectivity index (χ0) is 13.5. The first-order valence-corrected chi connectivity index (χ1v) is 6.38. The zero-order valence-electron chi connectivity index (χ0n) is 10.8. The number of nitrogens with two attached hydrogens (primary N) is 1. The van der Waals surface area contributed by atoms with Gasteiger partial charge in [-0.2, -0.15) is 0 Å². The summed E-state index contributed by atoms with van der Waals surface area (Å²) in [7, 11) is 0. The molecule has 0 amide bonds. The summed E-state index contributed by atoms with van der Waals surface area (Å²) in [6.07, 6.45) is 5.16. The third-order valence-corrected chi connectivity index (χ3v) is 2.89. The Bertz CT molecular complexity index is 550. The SMILES string of the molecule is NC(=Cc1ccccc1)c1ncccc1CCCO. The van der Waals surface area contributed by atoms with Crippen molar-refractivity contribution in [3.8, 4) is 0 Å². The first kappa shape index (κ1) is 13.3. The van der Waals surface area contributed by atoms with Crippen molar-refractivity contribution in [3.05, 3.63) is 65.5 Å². The number of aromatic nitrogens is 1. The van der Waals surface area contributed by atoms with E-state index in [-0.39, 0.29) is 6.61 Å².